The molecule has 4 aliphatic heterocycles. The van der Waals surface area contributed by atoms with Gasteiger partial charge in [-0.15, -0.1) is 0 Å². The van der Waals surface area contributed by atoms with Gasteiger partial charge in [-0.05, 0) is 68.5 Å². The fourth-order valence-corrected chi connectivity index (χ4v) is 8.42. The van der Waals surface area contributed by atoms with Crippen molar-refractivity contribution >= 4 is 29.1 Å². The summed E-state index contributed by atoms with van der Waals surface area (Å²) in [5, 5.41) is 10.8. The minimum atomic E-state index is -1.41. The zero-order chi connectivity index (χ0) is 33.7. The smallest absolute Gasteiger partial charge is 0.253 e. The first kappa shape index (κ1) is 33.0. The summed E-state index contributed by atoms with van der Waals surface area (Å²) in [4.78, 5) is 50.0. The van der Waals surface area contributed by atoms with Gasteiger partial charge in [-0.1, -0.05) is 69.7 Å². The third-order valence-corrected chi connectivity index (χ3v) is 10.9. The second kappa shape index (κ2) is 12.6. The molecule has 47 heavy (non-hydrogen) atoms. The summed E-state index contributed by atoms with van der Waals surface area (Å²) in [6, 6.07) is 11.6. The number of nitrogens with zero attached hydrogens (tertiary/aromatic N) is 3. The lowest BCUT2D eigenvalue weighted by molar-refractivity contribution is -0.150. The van der Waals surface area contributed by atoms with Gasteiger partial charge in [0, 0.05) is 24.5 Å². The molecular weight excluding hydrogens is 594 g/mol. The Balaban J connectivity index is 1.51. The molecule has 7 atom stereocenters. The van der Waals surface area contributed by atoms with Gasteiger partial charge >= 0.3 is 0 Å². The van der Waals surface area contributed by atoms with Crippen molar-refractivity contribution in [3.63, 3.8) is 0 Å². The van der Waals surface area contributed by atoms with Gasteiger partial charge in [0.2, 0.25) is 11.8 Å². The van der Waals surface area contributed by atoms with Crippen LogP contribution in [0.25, 0.3) is 0 Å². The highest BCUT2D eigenvalue weighted by Gasteiger charge is 2.76. The Labute approximate surface area is 277 Å². The monoisotopic (exact) mass is 641 g/mol. The van der Waals surface area contributed by atoms with Gasteiger partial charge in [0.15, 0.2) is 0 Å². The molecule has 2 saturated heterocycles. The van der Waals surface area contributed by atoms with Crippen molar-refractivity contribution in [1.29, 1.82) is 0 Å². The molecule has 0 aliphatic carbocycles. The lowest BCUT2D eigenvalue weighted by Crippen LogP contribution is -2.60. The first-order valence-electron chi connectivity index (χ1n) is 17.0. The summed E-state index contributed by atoms with van der Waals surface area (Å²) in [6.45, 7) is 12.7. The van der Waals surface area contributed by atoms with Crippen LogP contribution < -0.4 is 14.5 Å². The quantitative estimate of drug-likeness (QED) is 0.388. The van der Waals surface area contributed by atoms with Gasteiger partial charge < -0.3 is 29.3 Å². The van der Waals surface area contributed by atoms with Gasteiger partial charge in [-0.2, -0.15) is 0 Å². The Kier molecular flexibility index (Phi) is 8.82. The Morgan fingerprint density at radius 3 is 2.17 bits per heavy atom. The van der Waals surface area contributed by atoms with Crippen LogP contribution in [0.1, 0.15) is 51.7 Å². The molecule has 6 rings (SSSR count). The zero-order valence-corrected chi connectivity index (χ0v) is 28.3. The number of carbonyl (C=O) groups is 3. The average molecular weight is 642 g/mol. The van der Waals surface area contributed by atoms with Crippen molar-refractivity contribution in [3.05, 3.63) is 77.9 Å². The number of fused-ring (bicyclic) bond motifs is 2. The molecule has 3 amide bonds. The zero-order valence-electron chi connectivity index (χ0n) is 28.3. The summed E-state index contributed by atoms with van der Waals surface area (Å²) >= 11 is 0. The Morgan fingerprint density at radius 2 is 1.55 bits per heavy atom. The van der Waals surface area contributed by atoms with Crippen LogP contribution in [-0.4, -0.2) is 77.3 Å². The maximum atomic E-state index is 15.1. The van der Waals surface area contributed by atoms with E-state index >= 15 is 9.59 Å². The Bertz CT molecular complexity index is 1580. The number of carbonyl (C=O) groups excluding carboxylic acids is 3. The number of hydrogen-bond donors (Lipinski definition) is 1. The third kappa shape index (κ3) is 5.01. The molecule has 250 valence electrons. The van der Waals surface area contributed by atoms with Gasteiger partial charge in [0.25, 0.3) is 5.91 Å². The van der Waals surface area contributed by atoms with E-state index in [-0.39, 0.29) is 30.2 Å². The number of anilines is 2. The molecule has 1 N–H and O–H groups in total. The van der Waals surface area contributed by atoms with Crippen molar-refractivity contribution in [2.24, 2.45) is 17.8 Å². The number of aliphatic hydroxyl groups excluding tert-OH is 1. The van der Waals surface area contributed by atoms with Crippen molar-refractivity contribution < 1.29 is 29.0 Å². The number of rotatable bonds is 9. The maximum absolute atomic E-state index is 15.1. The average Bonchev–Trinajstić information content (AvgIpc) is 3.35. The maximum Gasteiger partial charge on any atom is 0.253 e. The van der Waals surface area contributed by atoms with Crippen LogP contribution in [0.5, 0.6) is 5.75 Å². The highest BCUT2D eigenvalue weighted by molar-refractivity contribution is 6.08. The molecule has 0 saturated carbocycles. The van der Waals surface area contributed by atoms with E-state index in [1.165, 1.54) is 0 Å². The summed E-state index contributed by atoms with van der Waals surface area (Å²) in [5.41, 5.74) is 0.865. The number of hydrogen-bond acceptors (Lipinski definition) is 6. The van der Waals surface area contributed by atoms with Crippen LogP contribution in [0.2, 0.25) is 0 Å². The Hall–Kier alpha value is -3.95. The molecule has 1 spiro atoms. The predicted octanol–water partition coefficient (Wildman–Crippen LogP) is 4.98. The van der Waals surface area contributed by atoms with E-state index in [0.717, 1.165) is 16.8 Å². The van der Waals surface area contributed by atoms with E-state index in [1.54, 1.807) is 14.7 Å². The fraction of sp³-hybridized carbons (Fsp3) is 0.500. The molecule has 2 aromatic carbocycles. The van der Waals surface area contributed by atoms with E-state index in [2.05, 4.69) is 0 Å². The van der Waals surface area contributed by atoms with Crippen molar-refractivity contribution in [2.75, 3.05) is 36.1 Å². The standard InChI is InChI=1S/C38H47N3O6/c1-7-24(4)29(23-42)41-33-36(45)40(32-25(5)13-10-14-26(32)6)22-12-20-38(33)31(35(41)44)30-34(43)39(21-11-19-37(30,8-2)47-38)27-15-17-28(18-16-27)46-9-3/h10-20,24,29-31,33,42H,7-9,21-23H2,1-6H3/t24-,29-,30+,31-,33?,37-,38-/m0/s1. The molecule has 0 bridgehead atoms. The van der Waals surface area contributed by atoms with Gasteiger partial charge in [0.1, 0.15) is 17.4 Å². The lowest BCUT2D eigenvalue weighted by atomic mass is 9.73. The van der Waals surface area contributed by atoms with Crippen LogP contribution in [0.4, 0.5) is 11.4 Å². The highest BCUT2D eigenvalue weighted by atomic mass is 16.5. The number of benzene rings is 2. The summed E-state index contributed by atoms with van der Waals surface area (Å²) < 4.78 is 12.8. The lowest BCUT2D eigenvalue weighted by Gasteiger charge is -2.42. The van der Waals surface area contributed by atoms with E-state index in [0.29, 0.717) is 44.0 Å². The van der Waals surface area contributed by atoms with Crippen molar-refractivity contribution in [1.82, 2.24) is 4.90 Å². The largest absolute Gasteiger partial charge is 0.494 e. The highest BCUT2D eigenvalue weighted by Crippen LogP contribution is 2.59. The number of amides is 3. The minimum Gasteiger partial charge on any atom is -0.494 e. The predicted molar refractivity (Wildman–Crippen MR) is 181 cm³/mol. The summed E-state index contributed by atoms with van der Waals surface area (Å²) in [6.07, 6.45) is 8.81. The number of likely N-dealkylation sites (tertiary alicyclic amines) is 1. The normalized spacial score (nSPS) is 29.7. The van der Waals surface area contributed by atoms with Gasteiger partial charge in [-0.3, -0.25) is 14.4 Å². The molecule has 2 fully saturated rings. The Morgan fingerprint density at radius 1 is 0.894 bits per heavy atom. The van der Waals surface area contributed by atoms with E-state index in [9.17, 15) is 9.90 Å². The molecule has 0 aromatic heterocycles. The van der Waals surface area contributed by atoms with E-state index < -0.39 is 35.1 Å². The van der Waals surface area contributed by atoms with E-state index in [1.807, 2.05) is 108 Å². The topological polar surface area (TPSA) is 99.6 Å². The SMILES string of the molecule is CCOc1ccc(N2CC=C[C@]3(CC)O[C@]45C=CCN(c6c(C)cccc6C)C(=O)C4N([C@@H](CO)[C@@H](C)CC)C(=O)[C@@H]5[C@@H]3C2=O)cc1. The first-order valence-corrected chi connectivity index (χ1v) is 17.0. The van der Waals surface area contributed by atoms with E-state index in [4.69, 9.17) is 9.47 Å². The molecular formula is C38H47N3O6. The summed E-state index contributed by atoms with van der Waals surface area (Å²) in [7, 11) is 0. The van der Waals surface area contributed by atoms with Crippen LogP contribution in [-0.2, 0) is 19.1 Å². The minimum absolute atomic E-state index is 0.102. The second-order valence-electron chi connectivity index (χ2n) is 13.4. The number of aryl methyl sites for hydroxylation is 2. The van der Waals surface area contributed by atoms with Gasteiger partial charge in [0.05, 0.1) is 36.7 Å². The molecule has 4 heterocycles. The molecule has 9 nitrogen and oxygen atoms in total. The van der Waals surface area contributed by atoms with Crippen LogP contribution in [0, 0.1) is 31.6 Å². The third-order valence-electron chi connectivity index (χ3n) is 10.9. The van der Waals surface area contributed by atoms with Crippen LogP contribution in [0.3, 0.4) is 0 Å². The van der Waals surface area contributed by atoms with Crippen LogP contribution in [0.15, 0.2) is 66.8 Å². The fourth-order valence-electron chi connectivity index (χ4n) is 8.42. The first-order chi connectivity index (χ1) is 22.6. The second-order valence-corrected chi connectivity index (χ2v) is 13.4. The number of aliphatic hydroxyl groups is 1. The van der Waals surface area contributed by atoms with Crippen molar-refractivity contribution in [2.45, 2.75) is 77.7 Å². The van der Waals surface area contributed by atoms with Gasteiger partial charge in [-0.25, -0.2) is 0 Å². The van der Waals surface area contributed by atoms with Crippen molar-refractivity contribution in [3.8, 4) is 5.75 Å². The molecule has 0 radical (unpaired) electrons. The molecule has 4 aliphatic rings. The molecule has 9 heteroatoms. The number of para-hydroxylation sites is 1. The van der Waals surface area contributed by atoms with Crippen LogP contribution >= 0.6 is 0 Å². The molecule has 1 unspecified atom stereocenters. The number of ether oxygens (including phenoxy) is 2. The summed E-state index contributed by atoms with van der Waals surface area (Å²) in [5.74, 6) is -2.08. The molecule has 2 aromatic rings.